The first-order chi connectivity index (χ1) is 16.3. The molecule has 0 bridgehead atoms. The molecule has 178 valence electrons. The number of fused-ring (bicyclic) bond motifs is 1. The lowest BCUT2D eigenvalue weighted by Crippen LogP contribution is -2.34. The van der Waals surface area contributed by atoms with E-state index in [9.17, 15) is 14.7 Å². The topological polar surface area (TPSA) is 89.2 Å². The molecule has 1 aliphatic rings. The minimum Gasteiger partial charge on any atom is -0.503 e. The highest BCUT2D eigenvalue weighted by molar-refractivity contribution is 9.10. The molecule has 0 saturated carbocycles. The summed E-state index contributed by atoms with van der Waals surface area (Å²) in [6.45, 7) is 5.08. The molecule has 34 heavy (non-hydrogen) atoms. The van der Waals surface area contributed by atoms with E-state index in [0.717, 1.165) is 9.86 Å². The quantitative estimate of drug-likeness (QED) is 0.372. The van der Waals surface area contributed by atoms with Crippen LogP contribution in [-0.4, -0.2) is 48.6 Å². The number of ketones is 1. The maximum absolute atomic E-state index is 13.6. The van der Waals surface area contributed by atoms with E-state index in [1.165, 1.54) is 12.0 Å². The molecule has 1 atom stereocenters. The average molecular weight is 528 g/mol. The minimum atomic E-state index is -0.808. The molecule has 3 aromatic rings. The first kappa shape index (κ1) is 24.0. The van der Waals surface area contributed by atoms with Crippen LogP contribution in [0.2, 0.25) is 0 Å². The van der Waals surface area contributed by atoms with Gasteiger partial charge in [0.15, 0.2) is 11.5 Å². The van der Waals surface area contributed by atoms with Gasteiger partial charge in [-0.1, -0.05) is 41.9 Å². The van der Waals surface area contributed by atoms with Crippen molar-refractivity contribution in [3.8, 4) is 5.75 Å². The Balaban J connectivity index is 1.76. The molecule has 1 aliphatic heterocycles. The Morgan fingerprint density at radius 2 is 2.00 bits per heavy atom. The second-order valence-electron chi connectivity index (χ2n) is 8.56. The highest BCUT2D eigenvalue weighted by atomic mass is 79.9. The van der Waals surface area contributed by atoms with Crippen molar-refractivity contribution >= 4 is 38.6 Å². The van der Waals surface area contributed by atoms with Gasteiger partial charge in [-0.15, -0.1) is 0 Å². The first-order valence-corrected chi connectivity index (χ1v) is 11.8. The number of benzene rings is 2. The smallest absolute Gasteiger partial charge is 0.290 e. The third kappa shape index (κ3) is 4.74. The molecular weight excluding hydrogens is 502 g/mol. The van der Waals surface area contributed by atoms with Gasteiger partial charge in [-0.05, 0) is 47.9 Å². The van der Waals surface area contributed by atoms with Crippen LogP contribution in [0.15, 0.2) is 68.8 Å². The molecule has 7 nitrogen and oxygen atoms in total. The van der Waals surface area contributed by atoms with Crippen LogP contribution in [-0.2, 0) is 9.53 Å². The fourth-order valence-electron chi connectivity index (χ4n) is 3.95. The molecule has 1 amide bonds. The van der Waals surface area contributed by atoms with E-state index in [-0.39, 0.29) is 24.5 Å². The van der Waals surface area contributed by atoms with Crippen molar-refractivity contribution in [3.63, 3.8) is 0 Å². The van der Waals surface area contributed by atoms with E-state index in [0.29, 0.717) is 29.4 Å². The van der Waals surface area contributed by atoms with Crippen LogP contribution >= 0.6 is 15.9 Å². The second kappa shape index (κ2) is 10.0. The third-order valence-electron chi connectivity index (χ3n) is 5.54. The lowest BCUT2D eigenvalue weighted by Gasteiger charge is -2.26. The molecule has 0 fully saturated rings. The number of amides is 1. The second-order valence-corrected chi connectivity index (χ2v) is 9.47. The summed E-state index contributed by atoms with van der Waals surface area (Å²) in [6.07, 6.45) is 0. The Morgan fingerprint density at radius 1 is 1.21 bits per heavy atom. The zero-order chi connectivity index (χ0) is 24.4. The summed E-state index contributed by atoms with van der Waals surface area (Å²) in [5.74, 6) is -0.745. The molecule has 4 rings (SSSR count). The number of aliphatic hydroxyl groups excluding tert-OH is 1. The molecule has 8 heteroatoms. The fourth-order valence-corrected chi connectivity index (χ4v) is 4.33. The van der Waals surface area contributed by atoms with E-state index in [4.69, 9.17) is 13.9 Å². The summed E-state index contributed by atoms with van der Waals surface area (Å²) < 4.78 is 17.6. The summed E-state index contributed by atoms with van der Waals surface area (Å²) in [5.41, 5.74) is 1.16. The van der Waals surface area contributed by atoms with Crippen molar-refractivity contribution < 1.29 is 28.6 Å². The molecule has 2 aromatic carbocycles. The van der Waals surface area contributed by atoms with Gasteiger partial charge in [-0.3, -0.25) is 9.59 Å². The molecule has 2 heterocycles. The van der Waals surface area contributed by atoms with Gasteiger partial charge < -0.3 is 23.9 Å². The summed E-state index contributed by atoms with van der Waals surface area (Å²) in [5, 5.41) is 11.5. The van der Waals surface area contributed by atoms with E-state index >= 15 is 0 Å². The van der Waals surface area contributed by atoms with Gasteiger partial charge in [-0.25, -0.2) is 0 Å². The predicted molar refractivity (Wildman–Crippen MR) is 131 cm³/mol. The highest BCUT2D eigenvalue weighted by Gasteiger charge is 2.44. The molecule has 1 aromatic heterocycles. The molecule has 1 N–H and O–H groups in total. The SMILES string of the molecule is COCCN1C(=O)C(O)=C(C(=O)c2cc3cc(Br)ccc3o2)C1c1cccc(OCC(C)C)c1. The third-order valence-corrected chi connectivity index (χ3v) is 6.04. The number of carbonyl (C=O) groups is 2. The number of hydrogen-bond acceptors (Lipinski definition) is 6. The number of carbonyl (C=O) groups excluding carboxylic acids is 2. The largest absolute Gasteiger partial charge is 0.503 e. The van der Waals surface area contributed by atoms with Gasteiger partial charge in [0, 0.05) is 23.5 Å². The number of rotatable bonds is 9. The van der Waals surface area contributed by atoms with Crippen LogP contribution in [0.3, 0.4) is 0 Å². The Hall–Kier alpha value is -3.10. The van der Waals surface area contributed by atoms with E-state index in [2.05, 4.69) is 29.8 Å². The molecule has 0 saturated heterocycles. The highest BCUT2D eigenvalue weighted by Crippen LogP contribution is 2.40. The van der Waals surface area contributed by atoms with Crippen LogP contribution in [0.4, 0.5) is 0 Å². The summed E-state index contributed by atoms with van der Waals surface area (Å²) in [6, 6.07) is 13.4. The van der Waals surface area contributed by atoms with Gasteiger partial charge in [0.1, 0.15) is 11.3 Å². The van der Waals surface area contributed by atoms with Crippen LogP contribution in [0.25, 0.3) is 11.0 Å². The average Bonchev–Trinajstić information content (AvgIpc) is 3.34. The maximum atomic E-state index is 13.6. The van der Waals surface area contributed by atoms with Crippen molar-refractivity contribution in [2.45, 2.75) is 19.9 Å². The first-order valence-electron chi connectivity index (χ1n) is 11.0. The fraction of sp³-hybridized carbons (Fsp3) is 0.308. The van der Waals surface area contributed by atoms with Crippen LogP contribution < -0.4 is 4.74 Å². The Kier molecular flexibility index (Phi) is 7.09. The molecule has 0 spiro atoms. The summed E-state index contributed by atoms with van der Waals surface area (Å²) in [7, 11) is 1.53. The zero-order valence-electron chi connectivity index (χ0n) is 19.2. The van der Waals surface area contributed by atoms with Crippen molar-refractivity contribution in [3.05, 3.63) is 75.7 Å². The van der Waals surface area contributed by atoms with Crippen molar-refractivity contribution in [1.29, 1.82) is 0 Å². The summed E-state index contributed by atoms with van der Waals surface area (Å²) >= 11 is 3.41. The van der Waals surface area contributed by atoms with Crippen molar-refractivity contribution in [2.75, 3.05) is 26.9 Å². The number of Topliss-reactive ketones (excluding diaryl/α,β-unsaturated/α-hetero) is 1. The number of halogens is 1. The number of hydrogen-bond donors (Lipinski definition) is 1. The lowest BCUT2D eigenvalue weighted by atomic mass is 9.95. The van der Waals surface area contributed by atoms with Gasteiger partial charge in [-0.2, -0.15) is 0 Å². The van der Waals surface area contributed by atoms with Gasteiger partial charge in [0.05, 0.1) is 24.8 Å². The number of nitrogens with zero attached hydrogens (tertiary/aromatic N) is 1. The zero-order valence-corrected chi connectivity index (χ0v) is 20.8. The number of methoxy groups -OCH3 is 1. The normalized spacial score (nSPS) is 16.2. The molecule has 0 aliphatic carbocycles. The Morgan fingerprint density at radius 3 is 2.74 bits per heavy atom. The van der Waals surface area contributed by atoms with E-state index in [1.807, 2.05) is 24.3 Å². The molecule has 1 unspecified atom stereocenters. The van der Waals surface area contributed by atoms with E-state index in [1.54, 1.807) is 24.3 Å². The minimum absolute atomic E-state index is 0.0276. The Bertz CT molecular complexity index is 1260. The molecule has 0 radical (unpaired) electrons. The standard InChI is InChI=1S/C26H26BrNO6/c1-15(2)14-33-19-6-4-5-16(12-19)23-22(25(30)26(31)28(23)9-10-32-3)24(29)21-13-17-11-18(27)7-8-20(17)34-21/h4-8,11-13,15,23,30H,9-10,14H2,1-3H3. The van der Waals surface area contributed by atoms with E-state index < -0.39 is 23.5 Å². The number of furan rings is 1. The van der Waals surface area contributed by atoms with Gasteiger partial charge >= 0.3 is 0 Å². The van der Waals surface area contributed by atoms with Crippen molar-refractivity contribution in [2.24, 2.45) is 5.92 Å². The van der Waals surface area contributed by atoms with Crippen LogP contribution in [0.1, 0.15) is 36.0 Å². The number of ether oxygens (including phenoxy) is 2. The summed E-state index contributed by atoms with van der Waals surface area (Å²) in [4.78, 5) is 28.0. The van der Waals surface area contributed by atoms with Gasteiger partial charge in [0.25, 0.3) is 5.91 Å². The van der Waals surface area contributed by atoms with Crippen molar-refractivity contribution in [1.82, 2.24) is 4.90 Å². The maximum Gasteiger partial charge on any atom is 0.290 e. The van der Waals surface area contributed by atoms with Crippen LogP contribution in [0.5, 0.6) is 5.75 Å². The Labute approximate surface area is 206 Å². The molecular formula is C26H26BrNO6. The van der Waals surface area contributed by atoms with Gasteiger partial charge in [0.2, 0.25) is 5.78 Å². The lowest BCUT2D eigenvalue weighted by molar-refractivity contribution is -0.130. The van der Waals surface area contributed by atoms with Crippen LogP contribution in [0, 0.1) is 5.92 Å². The predicted octanol–water partition coefficient (Wildman–Crippen LogP) is 5.45. The number of aliphatic hydroxyl groups is 1. The monoisotopic (exact) mass is 527 g/mol.